The Morgan fingerprint density at radius 3 is 1.97 bits per heavy atom. The third-order valence-electron chi connectivity index (χ3n) is 13.7. The van der Waals surface area contributed by atoms with E-state index in [0.29, 0.717) is 22.7 Å². The van der Waals surface area contributed by atoms with Crippen molar-refractivity contribution in [2.75, 3.05) is 0 Å². The van der Waals surface area contributed by atoms with E-state index in [-0.39, 0.29) is 59.8 Å². The van der Waals surface area contributed by atoms with Crippen LogP contribution >= 0.6 is 0 Å². The molecular weight excluding hydrogens is 1060 g/mol. The predicted molar refractivity (Wildman–Crippen MR) is 290 cm³/mol. The molecule has 7 heteroatoms. The molecule has 0 saturated heterocycles. The monoisotopic (exact) mass is 1130 g/mol. The SMILES string of the molecule is [2H]c1c([2H])c([2H])c(-c2cccc(-c3c([2H])c([2H])c([2H])c([2H])c3[2H])c2-[n+]2[c-]n3c4c(cccc42)[Si](C)(C)c2ccc(Oc4[c-]c5c(cc4)c4ccc(-c6ccccc6C(C)(C)C)cc4n5-c4cc(C(C)(C)C)ccn4)[c-]c2-3)c([2H])c1[2H].[Pt]. The molecule has 0 aliphatic carbocycles. The van der Waals surface area contributed by atoms with Gasteiger partial charge < -0.3 is 13.9 Å². The zero-order valence-corrected chi connectivity index (χ0v) is 43.8. The van der Waals surface area contributed by atoms with Crippen LogP contribution in [-0.4, -0.2) is 22.2 Å². The summed E-state index contributed by atoms with van der Waals surface area (Å²) in [5.41, 5.74) is 8.50. The van der Waals surface area contributed by atoms with Crippen molar-refractivity contribution in [1.82, 2.24) is 14.1 Å². The molecule has 0 unspecified atom stereocenters. The molecule has 352 valence electrons. The summed E-state index contributed by atoms with van der Waals surface area (Å²) in [5, 5.41) is 4.11. The van der Waals surface area contributed by atoms with Crippen LogP contribution in [0.15, 0.2) is 182 Å². The Hall–Kier alpha value is -7.11. The zero-order valence-electron chi connectivity index (χ0n) is 50.6. The second-order valence-corrected chi connectivity index (χ2v) is 24.9. The number of fused-ring (bicyclic) bond motifs is 5. The van der Waals surface area contributed by atoms with Gasteiger partial charge >= 0.3 is 0 Å². The van der Waals surface area contributed by atoms with Crippen molar-refractivity contribution in [3.63, 3.8) is 0 Å². The molecule has 0 fully saturated rings. The third-order valence-corrected chi connectivity index (χ3v) is 17.2. The minimum absolute atomic E-state index is 0. The van der Waals surface area contributed by atoms with Crippen LogP contribution in [0.5, 0.6) is 11.5 Å². The number of pyridine rings is 1. The Labute approximate surface area is 446 Å². The fraction of sp³-hybridized carbons (Fsp3) is 0.156. The fourth-order valence-electron chi connectivity index (χ4n) is 10.2. The van der Waals surface area contributed by atoms with Crippen LogP contribution in [0.25, 0.3) is 83.4 Å². The van der Waals surface area contributed by atoms with Crippen molar-refractivity contribution in [2.24, 2.45) is 0 Å². The number of hydrogen-bond donors (Lipinski definition) is 0. The maximum absolute atomic E-state index is 9.15. The van der Waals surface area contributed by atoms with E-state index in [0.717, 1.165) is 60.2 Å². The molecule has 0 N–H and O–H groups in total. The minimum atomic E-state index is -2.58. The van der Waals surface area contributed by atoms with Crippen molar-refractivity contribution >= 4 is 51.3 Å². The van der Waals surface area contributed by atoms with E-state index in [1.165, 1.54) is 5.56 Å². The summed E-state index contributed by atoms with van der Waals surface area (Å²) in [4.78, 5) is 4.98. The summed E-state index contributed by atoms with van der Waals surface area (Å²) >= 11 is 0. The van der Waals surface area contributed by atoms with Crippen molar-refractivity contribution in [2.45, 2.75) is 65.5 Å². The van der Waals surface area contributed by atoms with Gasteiger partial charge in [-0.3, -0.25) is 4.57 Å². The number of nitrogens with zero attached hydrogens (tertiary/aromatic N) is 4. The van der Waals surface area contributed by atoms with Gasteiger partial charge in [-0.1, -0.05) is 199 Å². The molecule has 71 heavy (non-hydrogen) atoms. The van der Waals surface area contributed by atoms with Crippen LogP contribution in [0, 0.1) is 18.5 Å². The van der Waals surface area contributed by atoms with Crippen LogP contribution in [-0.2, 0) is 31.9 Å². The van der Waals surface area contributed by atoms with Gasteiger partial charge in [-0.15, -0.1) is 34.8 Å². The largest absolute Gasteiger partial charge is 0.510 e. The Balaban J connectivity index is 0.00000690. The second-order valence-electron chi connectivity index (χ2n) is 20.6. The maximum atomic E-state index is 9.15. The fourth-order valence-corrected chi connectivity index (χ4v) is 13.1. The molecule has 11 aromatic rings. The Bertz CT molecular complexity index is 4340. The Morgan fingerprint density at radius 1 is 0.620 bits per heavy atom. The molecule has 8 aromatic carbocycles. The molecule has 0 atom stereocenters. The van der Waals surface area contributed by atoms with Gasteiger partial charge in [0.05, 0.1) is 30.4 Å². The van der Waals surface area contributed by atoms with Crippen LogP contribution in [0.1, 0.15) is 66.4 Å². The molecule has 4 heterocycles. The molecule has 3 aromatic heterocycles. The second kappa shape index (κ2) is 17.3. The predicted octanol–water partition coefficient (Wildman–Crippen LogP) is 14.3. The number of rotatable bonds is 7. The maximum Gasteiger partial charge on any atom is 0.268 e. The summed E-state index contributed by atoms with van der Waals surface area (Å²) < 4.78 is 101. The van der Waals surface area contributed by atoms with E-state index in [4.69, 9.17) is 23.4 Å². The molecule has 1 aliphatic rings. The van der Waals surface area contributed by atoms with E-state index in [1.54, 1.807) is 22.8 Å². The summed E-state index contributed by atoms with van der Waals surface area (Å²) in [6.45, 7) is 17.8. The standard InChI is InChI=1S/C64H54N4OSi.Pt/c1-63(2,3)45-35-36-65-60(38-45)68-55-37-44(48-23-15-16-26-53(48)64(4,5)6)29-32-51(55)52-33-30-46(39-56(52)68)69-47-31-34-58-57(40-47)67-41-66(54-27-18-28-59(62(54)67)70(58,7)8)61-49(42-19-11-9-12-20-42)24-17-25-50(61)43-21-13-10-14-22-43;/h9-38H,1-8H3;/q-2;/i9D,10D,11D,12D,13D,14D,19D,20D,21D,22D;. The van der Waals surface area contributed by atoms with Crippen LogP contribution in [0.3, 0.4) is 0 Å². The van der Waals surface area contributed by atoms with E-state index in [1.807, 2.05) is 35.0 Å². The van der Waals surface area contributed by atoms with E-state index in [2.05, 4.69) is 150 Å². The molecule has 0 radical (unpaired) electrons. The number of aromatic nitrogens is 4. The van der Waals surface area contributed by atoms with Gasteiger partial charge in [-0.05, 0) is 84.6 Å². The van der Waals surface area contributed by atoms with Gasteiger partial charge in [0.15, 0.2) is 0 Å². The number of ether oxygens (including phenoxy) is 1. The summed E-state index contributed by atoms with van der Waals surface area (Å²) in [6, 6.07) is 40.3. The van der Waals surface area contributed by atoms with Gasteiger partial charge in [0.25, 0.3) is 6.33 Å². The first-order valence-corrected chi connectivity index (χ1v) is 26.5. The summed E-state index contributed by atoms with van der Waals surface area (Å²) in [6.07, 6.45) is 5.43. The smallest absolute Gasteiger partial charge is 0.268 e. The van der Waals surface area contributed by atoms with Crippen molar-refractivity contribution < 1.29 is 44.1 Å². The number of benzene rings is 8. The number of hydrogen-bond acceptors (Lipinski definition) is 2. The molecular formula is C64H54N4OPtSi-2. The average molecular weight is 1130 g/mol. The molecule has 12 rings (SSSR count). The first-order valence-electron chi connectivity index (χ1n) is 28.5. The zero-order chi connectivity index (χ0) is 56.8. The molecule has 0 bridgehead atoms. The molecule has 5 nitrogen and oxygen atoms in total. The normalized spacial score (nSPS) is 15.0. The van der Waals surface area contributed by atoms with Gasteiger partial charge in [0.2, 0.25) is 0 Å². The van der Waals surface area contributed by atoms with Gasteiger partial charge in [-0.25, -0.2) is 4.98 Å². The summed E-state index contributed by atoms with van der Waals surface area (Å²) in [7, 11) is -2.58. The first-order chi connectivity index (χ1) is 37.9. The minimum Gasteiger partial charge on any atom is -0.510 e. The number of para-hydroxylation sites is 2. The Kier molecular flexibility index (Phi) is 8.76. The van der Waals surface area contributed by atoms with Crippen LogP contribution in [0.4, 0.5) is 0 Å². The van der Waals surface area contributed by atoms with Crippen molar-refractivity contribution in [3.05, 3.63) is 211 Å². The van der Waals surface area contributed by atoms with E-state index in [9.17, 15) is 0 Å². The molecule has 0 saturated carbocycles. The molecule has 0 spiro atoms. The first kappa shape index (κ1) is 35.9. The summed E-state index contributed by atoms with van der Waals surface area (Å²) in [5.74, 6) is 1.60. The van der Waals surface area contributed by atoms with Crippen molar-refractivity contribution in [1.29, 1.82) is 0 Å². The number of imidazole rings is 1. The average Bonchev–Trinajstić information content (AvgIpc) is 4.10. The Morgan fingerprint density at radius 2 is 1.27 bits per heavy atom. The van der Waals surface area contributed by atoms with Gasteiger partial charge in [0.1, 0.15) is 5.82 Å². The van der Waals surface area contributed by atoms with E-state index < -0.39 is 68.5 Å². The third kappa shape index (κ3) is 7.80. The van der Waals surface area contributed by atoms with Crippen molar-refractivity contribution in [3.8, 4) is 62.1 Å². The molecule has 1 aliphatic heterocycles. The van der Waals surface area contributed by atoms with Crippen LogP contribution < -0.4 is 19.7 Å². The quantitative estimate of drug-likeness (QED) is 0.0906. The van der Waals surface area contributed by atoms with Gasteiger partial charge in [0, 0.05) is 52.4 Å². The topological polar surface area (TPSA) is 35.9 Å². The molecule has 0 amide bonds. The van der Waals surface area contributed by atoms with Gasteiger partial charge in [-0.2, -0.15) is 12.1 Å². The van der Waals surface area contributed by atoms with Crippen LogP contribution in [0.2, 0.25) is 13.1 Å². The van der Waals surface area contributed by atoms with E-state index >= 15 is 0 Å².